The summed E-state index contributed by atoms with van der Waals surface area (Å²) in [4.78, 5) is 21.0. The number of esters is 2. The van der Waals surface area contributed by atoms with Crippen LogP contribution in [0, 0.1) is 26.7 Å². The van der Waals surface area contributed by atoms with E-state index >= 15 is 0 Å². The topological polar surface area (TPSA) is 86.9 Å². The average Bonchev–Trinajstić information content (AvgIpc) is 1.74. The Kier molecular flexibility index (Phi) is 142. The van der Waals surface area contributed by atoms with E-state index in [4.69, 9.17) is 18.9 Å². The molecule has 3 aromatic carbocycles. The van der Waals surface area contributed by atoms with Gasteiger partial charge in [-0.3, -0.25) is 0 Å². The molecule has 4 atom stereocenters. The van der Waals surface area contributed by atoms with Crippen molar-refractivity contribution in [2.45, 2.75) is 276 Å². The molecule has 1 saturated carbocycles. The van der Waals surface area contributed by atoms with Crippen LogP contribution in [-0.4, -0.2) is 63.3 Å². The fourth-order valence-electron chi connectivity index (χ4n) is 5.19. The molecule has 2 aliphatic heterocycles. The molecule has 2 saturated heterocycles. The molecule has 7 heteroatoms. The number of ether oxygens (including phenoxy) is 5. The zero-order valence-corrected chi connectivity index (χ0v) is 61.0. The molecule has 0 amide bonds. The summed E-state index contributed by atoms with van der Waals surface area (Å²) in [6, 6.07) is 30.8. The summed E-state index contributed by atoms with van der Waals surface area (Å²) in [5.41, 5.74) is 4.43. The predicted octanol–water partition coefficient (Wildman–Crippen LogP) is 26.7. The van der Waals surface area contributed by atoms with Gasteiger partial charge in [0.25, 0.3) is 0 Å². The lowest BCUT2D eigenvalue weighted by Crippen LogP contribution is -2.12. The highest BCUT2D eigenvalue weighted by Gasteiger charge is 2.43. The quantitative estimate of drug-likeness (QED) is 0.0437. The van der Waals surface area contributed by atoms with Crippen molar-refractivity contribution in [2.75, 3.05) is 33.0 Å². The first-order valence-corrected chi connectivity index (χ1v) is 33.0. The van der Waals surface area contributed by atoms with Gasteiger partial charge in [-0.15, -0.1) is 26.3 Å². The molecule has 1 aliphatic carbocycles. The van der Waals surface area contributed by atoms with Crippen LogP contribution >= 0.6 is 0 Å². The first-order valence-electron chi connectivity index (χ1n) is 33.0. The Morgan fingerprint density at radius 3 is 1.08 bits per heavy atom. The molecule has 3 aliphatic rings. The van der Waals surface area contributed by atoms with Crippen LogP contribution in [0.15, 0.2) is 191 Å². The Morgan fingerprint density at radius 1 is 0.522 bits per heavy atom. The Morgan fingerprint density at radius 2 is 0.844 bits per heavy atom. The summed E-state index contributed by atoms with van der Waals surface area (Å²) in [5.74, 6) is 0.380. The van der Waals surface area contributed by atoms with E-state index in [0.717, 1.165) is 64.3 Å². The van der Waals surface area contributed by atoms with Crippen molar-refractivity contribution < 1.29 is 33.3 Å². The maximum Gasteiger partial charge on any atom is 0.333 e. The van der Waals surface area contributed by atoms with Crippen LogP contribution in [0.25, 0.3) is 0 Å². The summed E-state index contributed by atoms with van der Waals surface area (Å²) in [5, 5.41) is 0. The van der Waals surface area contributed by atoms with Gasteiger partial charge in [0.05, 0.1) is 38.6 Å². The third-order valence-electron chi connectivity index (χ3n) is 10.2. The number of fused-ring (bicyclic) bond motifs is 1. The number of epoxide rings is 2. The van der Waals surface area contributed by atoms with Gasteiger partial charge in [0.1, 0.15) is 6.10 Å². The predicted molar refractivity (Wildman–Crippen MR) is 415 cm³/mol. The van der Waals surface area contributed by atoms with Crippen LogP contribution < -0.4 is 0 Å². The highest BCUT2D eigenvalue weighted by atomic mass is 16.6. The monoisotopic (exact) mass is 1260 g/mol. The minimum Gasteiger partial charge on any atom is -0.463 e. The van der Waals surface area contributed by atoms with E-state index in [-0.39, 0.29) is 34.2 Å². The van der Waals surface area contributed by atoms with Crippen LogP contribution in [0.2, 0.25) is 0 Å². The fourth-order valence-corrected chi connectivity index (χ4v) is 5.19. The van der Waals surface area contributed by atoms with Gasteiger partial charge in [-0.25, -0.2) is 9.59 Å². The van der Waals surface area contributed by atoms with E-state index in [1.807, 2.05) is 181 Å². The summed E-state index contributed by atoms with van der Waals surface area (Å²) in [6.07, 6.45) is 33.6. The number of carbonyl (C=O) groups excluding carboxylic acids is 2. The molecule has 0 N–H and O–H groups in total. The Labute approximate surface area is 565 Å². The van der Waals surface area contributed by atoms with Crippen molar-refractivity contribution in [3.05, 3.63) is 207 Å². The molecule has 0 radical (unpaired) electrons. The third kappa shape index (κ3) is 128. The second kappa shape index (κ2) is 111. The first-order chi connectivity index (χ1) is 42.0. The molecule has 0 bridgehead atoms. The number of aryl methyl sites for hydroxylation is 3. The molecule has 3 aromatic rings. The second-order valence-electron chi connectivity index (χ2n) is 18.6. The van der Waals surface area contributed by atoms with Crippen LogP contribution in [0.5, 0.6) is 0 Å². The molecule has 6 rings (SSSR count). The van der Waals surface area contributed by atoms with Crippen molar-refractivity contribution in [3.8, 4) is 0 Å². The van der Waals surface area contributed by atoms with Crippen LogP contribution in [0.1, 0.15) is 254 Å². The van der Waals surface area contributed by atoms with Crippen molar-refractivity contribution in [1.29, 1.82) is 0 Å². The summed E-state index contributed by atoms with van der Waals surface area (Å²) in [7, 11) is 0. The number of rotatable bonds is 17. The van der Waals surface area contributed by atoms with E-state index in [1.165, 1.54) is 67.7 Å². The van der Waals surface area contributed by atoms with Gasteiger partial charge in [-0.1, -0.05) is 307 Å². The Bertz CT molecular complexity index is 1690. The number of unbranched alkanes of at least 4 members (excludes halogenated alkanes) is 3. The normalized spacial score (nSPS) is 13.2. The van der Waals surface area contributed by atoms with E-state index in [2.05, 4.69) is 136 Å². The first kappa shape index (κ1) is 115. The number of carbonyl (C=O) groups is 2. The summed E-state index contributed by atoms with van der Waals surface area (Å²) >= 11 is 0. The highest BCUT2D eigenvalue weighted by Crippen LogP contribution is 2.40. The molecule has 0 aromatic heterocycles. The summed E-state index contributed by atoms with van der Waals surface area (Å²) < 4.78 is 25.2. The molecule has 2 heterocycles. The second-order valence-corrected chi connectivity index (χ2v) is 18.6. The lowest BCUT2D eigenvalue weighted by atomic mass is 9.86. The van der Waals surface area contributed by atoms with Crippen molar-refractivity contribution >= 4 is 11.9 Å². The van der Waals surface area contributed by atoms with Crippen molar-refractivity contribution in [2.24, 2.45) is 5.92 Å². The Balaban J connectivity index is -0.0000000653. The third-order valence-corrected chi connectivity index (χ3v) is 10.2. The van der Waals surface area contributed by atoms with E-state index in [9.17, 15) is 9.59 Å². The van der Waals surface area contributed by atoms with E-state index in [1.54, 1.807) is 19.1 Å². The lowest BCUT2D eigenvalue weighted by molar-refractivity contribution is -0.139. The van der Waals surface area contributed by atoms with Gasteiger partial charge >= 0.3 is 11.9 Å². The molecular formula is C83H154O7. The molecular weight excluding hydrogens is 1110 g/mol. The fraction of sp³-hybridized carbons (Fsp3) is 0.566. The standard InChI is InChI=1S/C9H16O.C8H14O2.C7H14O2.C7H12O2.3C7H8.4C4H8.2C3H6.3C2H6.3CH4/c1-2-3-7-4-5-8-9(6-7)10-8;1-4-5-6-10-8(9)7(2)3;1-2-3-4-8-5-7-6-9-7;1-3-5-6-9-7(8)4-2;3*1-7-5-3-2-4-6-7;4*1-3-4-2;2*1-3-2;3*1-2;;;/h7-9H,2-6H2,1H3;2,4-6H2,1,3H3;7H,2-6H2,1H3;4H,2-3,5-6H2,1H3;3*2-6H,1H3;2*3-4H,1-2H3;2*3H,1,4H2,2H3;2*3H,1H2,2H3;3*1-2H3;3*1H4. The van der Waals surface area contributed by atoms with Gasteiger partial charge < -0.3 is 23.7 Å². The maximum absolute atomic E-state index is 10.7. The minimum absolute atomic E-state index is 0. The number of benzene rings is 3. The maximum atomic E-state index is 10.7. The number of hydrogen-bond donors (Lipinski definition) is 0. The van der Waals surface area contributed by atoms with Crippen LogP contribution in [0.4, 0.5) is 0 Å². The number of hydrogen-bond acceptors (Lipinski definition) is 7. The minimum atomic E-state index is -0.330. The van der Waals surface area contributed by atoms with Gasteiger partial charge in [-0.2, -0.15) is 0 Å². The van der Waals surface area contributed by atoms with Crippen molar-refractivity contribution in [3.63, 3.8) is 0 Å². The van der Waals surface area contributed by atoms with Crippen LogP contribution in [-0.2, 0) is 33.3 Å². The van der Waals surface area contributed by atoms with E-state index in [0.29, 0.717) is 37.1 Å². The summed E-state index contributed by atoms with van der Waals surface area (Å²) in [6.45, 7) is 68.4. The molecule has 4 unspecified atom stereocenters. The molecule has 7 nitrogen and oxygen atoms in total. The average molecular weight is 1260 g/mol. The number of allylic oxidation sites excluding steroid dienone is 8. The van der Waals surface area contributed by atoms with Gasteiger partial charge in [0, 0.05) is 18.3 Å². The highest BCUT2D eigenvalue weighted by molar-refractivity contribution is 5.86. The van der Waals surface area contributed by atoms with Gasteiger partial charge in [-0.05, 0) is 127 Å². The zero-order valence-electron chi connectivity index (χ0n) is 61.0. The van der Waals surface area contributed by atoms with Crippen LogP contribution in [0.3, 0.4) is 0 Å². The zero-order chi connectivity index (χ0) is 69.0. The molecule has 3 fully saturated rings. The molecule has 90 heavy (non-hydrogen) atoms. The van der Waals surface area contributed by atoms with Gasteiger partial charge in [0.15, 0.2) is 0 Å². The van der Waals surface area contributed by atoms with E-state index < -0.39 is 0 Å². The van der Waals surface area contributed by atoms with Crippen molar-refractivity contribution in [1.82, 2.24) is 0 Å². The lowest BCUT2D eigenvalue weighted by Gasteiger charge is -2.17. The molecule has 0 spiro atoms. The largest absolute Gasteiger partial charge is 0.463 e. The Hall–Kier alpha value is -5.60. The smallest absolute Gasteiger partial charge is 0.333 e. The van der Waals surface area contributed by atoms with Gasteiger partial charge in [0.2, 0.25) is 0 Å². The SMILES string of the molecule is C.C.C.C=C(C)C(=O)OCCCC.C=CC.C=CC.C=CC(=O)OCCCC.C=CCC.C=CCC.CC.CC.CC.CC=CC.CC=CC.CCCC1CCC2OC2C1.CCCCOCC1CO1.Cc1ccccc1.Cc1ccccc1.Cc1ccccc1. The molecule has 528 valence electrons.